The average molecular weight is 227 g/mol. The van der Waals surface area contributed by atoms with E-state index in [0.29, 0.717) is 0 Å². The highest BCUT2D eigenvalue weighted by atomic mass is 127. The predicted molar refractivity (Wildman–Crippen MR) is 38.6 cm³/mol. The molecule has 1 rings (SSSR count). The molecule has 5 nitrogen and oxygen atoms in total. The summed E-state index contributed by atoms with van der Waals surface area (Å²) in [5.41, 5.74) is 5.08. The van der Waals surface area contributed by atoms with Crippen LogP contribution in [-0.4, -0.2) is 15.4 Å². The molecule has 0 saturated heterocycles. The van der Waals surface area contributed by atoms with Gasteiger partial charge in [-0.3, -0.25) is 0 Å². The van der Waals surface area contributed by atoms with Crippen molar-refractivity contribution in [1.29, 1.82) is 0 Å². The van der Waals surface area contributed by atoms with Crippen LogP contribution in [0.3, 0.4) is 0 Å². The first-order chi connectivity index (χ1) is 3.84. The van der Waals surface area contributed by atoms with Crippen LogP contribution in [0.5, 0.6) is 0 Å². The molecule has 0 saturated carbocycles. The number of hydrazine groups is 3. The molecule has 46 valence electrons. The van der Waals surface area contributed by atoms with Gasteiger partial charge in [0.2, 0.25) is 0 Å². The highest BCUT2D eigenvalue weighted by Gasteiger charge is 2.08. The highest BCUT2D eigenvalue weighted by Crippen LogP contribution is 1.90. The molecular weight excluding hydrogens is 221 g/mol. The third-order valence-corrected chi connectivity index (χ3v) is 1.44. The number of alkyl halides is 1. The van der Waals surface area contributed by atoms with Gasteiger partial charge in [-0.15, -0.1) is 10.6 Å². The zero-order valence-corrected chi connectivity index (χ0v) is 6.21. The lowest BCUT2D eigenvalue weighted by atomic mass is 10.7. The number of amidine groups is 1. The third kappa shape index (κ3) is 1.01. The zero-order valence-electron chi connectivity index (χ0n) is 4.06. The lowest BCUT2D eigenvalue weighted by Gasteiger charge is -2.07. The molecule has 1 aliphatic rings. The van der Waals surface area contributed by atoms with Crippen LogP contribution in [0, 0.1) is 0 Å². The molecule has 6 heteroatoms. The summed E-state index contributed by atoms with van der Waals surface area (Å²) in [5, 5.41) is 5.12. The lowest BCUT2D eigenvalue weighted by molar-refractivity contribution is 0.303. The van der Waals surface area contributed by atoms with E-state index < -0.39 is 0 Å². The maximum absolute atomic E-state index is 5.31. The SMILES string of the molecule is NN1NNN=C1CI. The summed E-state index contributed by atoms with van der Waals surface area (Å²) in [6.45, 7) is 0. The van der Waals surface area contributed by atoms with E-state index in [-0.39, 0.29) is 0 Å². The molecule has 0 radical (unpaired) electrons. The van der Waals surface area contributed by atoms with Crippen molar-refractivity contribution < 1.29 is 0 Å². The molecular formula is C2H6IN5. The van der Waals surface area contributed by atoms with Gasteiger partial charge in [-0.05, 0) is 0 Å². The second-order valence-corrected chi connectivity index (χ2v) is 2.02. The maximum atomic E-state index is 5.31. The molecule has 0 unspecified atom stereocenters. The van der Waals surface area contributed by atoms with Gasteiger partial charge in [0.25, 0.3) is 0 Å². The topological polar surface area (TPSA) is 65.7 Å². The van der Waals surface area contributed by atoms with Crippen molar-refractivity contribution in [2.24, 2.45) is 10.9 Å². The van der Waals surface area contributed by atoms with E-state index in [1.807, 2.05) is 0 Å². The van der Waals surface area contributed by atoms with Gasteiger partial charge in [-0.1, -0.05) is 22.6 Å². The van der Waals surface area contributed by atoms with Crippen molar-refractivity contribution in [3.05, 3.63) is 0 Å². The summed E-state index contributed by atoms with van der Waals surface area (Å²) in [4.78, 5) is 0. The Hall–Kier alpha value is -0.0800. The van der Waals surface area contributed by atoms with E-state index >= 15 is 0 Å². The molecule has 0 fully saturated rings. The molecule has 0 aromatic carbocycles. The monoisotopic (exact) mass is 227 g/mol. The van der Waals surface area contributed by atoms with Gasteiger partial charge < -0.3 is 0 Å². The number of nitrogens with two attached hydrogens (primary N) is 1. The Bertz CT molecular complexity index is 111. The molecule has 0 aliphatic carbocycles. The number of hydrazone groups is 1. The second kappa shape index (κ2) is 2.46. The number of rotatable bonds is 1. The Balaban J connectivity index is 2.49. The fourth-order valence-electron chi connectivity index (χ4n) is 0.356. The van der Waals surface area contributed by atoms with E-state index in [1.54, 1.807) is 0 Å². The summed E-state index contributed by atoms with van der Waals surface area (Å²) in [5.74, 6) is 6.11. The number of nitrogens with one attached hydrogen (secondary N) is 2. The average Bonchev–Trinajstić information content (AvgIpc) is 2.14. The predicted octanol–water partition coefficient (Wildman–Crippen LogP) is -1.07. The van der Waals surface area contributed by atoms with Gasteiger partial charge >= 0.3 is 0 Å². The second-order valence-electron chi connectivity index (χ2n) is 1.26. The van der Waals surface area contributed by atoms with Crippen LogP contribution in [0.15, 0.2) is 5.10 Å². The minimum Gasteiger partial charge on any atom is -0.230 e. The number of hydrogen-bond acceptors (Lipinski definition) is 5. The summed E-state index contributed by atoms with van der Waals surface area (Å²) < 4.78 is 0.800. The Morgan fingerprint density at radius 2 is 2.62 bits per heavy atom. The number of hydrogen-bond donors (Lipinski definition) is 3. The molecule has 8 heavy (non-hydrogen) atoms. The standard InChI is InChI=1S/C2H6IN5/c3-1-2-5-6-7-8(2)4/h6-7H,1,4H2. The van der Waals surface area contributed by atoms with E-state index in [9.17, 15) is 0 Å². The fraction of sp³-hybridized carbons (Fsp3) is 0.500. The summed E-state index contributed by atoms with van der Waals surface area (Å²) in [6.07, 6.45) is 0. The van der Waals surface area contributed by atoms with Crippen LogP contribution in [0.25, 0.3) is 0 Å². The van der Waals surface area contributed by atoms with E-state index in [4.69, 9.17) is 5.84 Å². The molecule has 1 aliphatic heterocycles. The van der Waals surface area contributed by atoms with Crippen LogP contribution < -0.4 is 16.9 Å². The van der Waals surface area contributed by atoms with Crippen molar-refractivity contribution in [1.82, 2.24) is 16.2 Å². The van der Waals surface area contributed by atoms with Crippen LogP contribution in [0.4, 0.5) is 0 Å². The number of halogens is 1. The van der Waals surface area contributed by atoms with Gasteiger partial charge in [-0.25, -0.2) is 16.5 Å². The molecule has 0 aromatic rings. The molecule has 0 bridgehead atoms. The largest absolute Gasteiger partial charge is 0.230 e. The van der Waals surface area contributed by atoms with Crippen molar-refractivity contribution in [2.45, 2.75) is 0 Å². The Morgan fingerprint density at radius 3 is 2.88 bits per heavy atom. The van der Waals surface area contributed by atoms with Gasteiger partial charge in [0.05, 0.1) is 4.43 Å². The normalized spacial score (nSPS) is 18.2. The van der Waals surface area contributed by atoms with Crippen LogP contribution in [0.2, 0.25) is 0 Å². The molecule has 0 atom stereocenters. The maximum Gasteiger partial charge on any atom is 0.168 e. The Morgan fingerprint density at radius 1 is 1.88 bits per heavy atom. The van der Waals surface area contributed by atoms with Crippen LogP contribution >= 0.6 is 22.6 Å². The van der Waals surface area contributed by atoms with Gasteiger partial charge in [0.1, 0.15) is 0 Å². The lowest BCUT2D eigenvalue weighted by Crippen LogP contribution is -2.46. The van der Waals surface area contributed by atoms with Gasteiger partial charge in [-0.2, -0.15) is 0 Å². The quantitative estimate of drug-likeness (QED) is 0.303. The van der Waals surface area contributed by atoms with Crippen molar-refractivity contribution >= 4 is 28.4 Å². The van der Waals surface area contributed by atoms with Crippen molar-refractivity contribution in [3.63, 3.8) is 0 Å². The molecule has 0 spiro atoms. The molecule has 1 heterocycles. The summed E-state index contributed by atoms with van der Waals surface area (Å²) in [7, 11) is 0. The first-order valence-corrected chi connectivity index (χ1v) is 3.55. The van der Waals surface area contributed by atoms with Crippen LogP contribution in [0.1, 0.15) is 0 Å². The Kier molecular flexibility index (Phi) is 1.86. The van der Waals surface area contributed by atoms with E-state index in [0.717, 1.165) is 10.3 Å². The Labute approximate surface area is 60.3 Å². The van der Waals surface area contributed by atoms with E-state index in [2.05, 4.69) is 38.8 Å². The first-order valence-electron chi connectivity index (χ1n) is 2.02. The minimum atomic E-state index is 0.797. The molecule has 4 N–H and O–H groups in total. The smallest absolute Gasteiger partial charge is 0.168 e. The third-order valence-electron chi connectivity index (χ3n) is 0.753. The molecule has 0 amide bonds. The summed E-state index contributed by atoms with van der Waals surface area (Å²) in [6, 6.07) is 0. The van der Waals surface area contributed by atoms with Crippen LogP contribution in [-0.2, 0) is 0 Å². The highest BCUT2D eigenvalue weighted by molar-refractivity contribution is 14.1. The number of nitrogens with zero attached hydrogens (tertiary/aromatic N) is 2. The molecule has 0 aromatic heterocycles. The van der Waals surface area contributed by atoms with E-state index in [1.165, 1.54) is 5.12 Å². The van der Waals surface area contributed by atoms with Crippen molar-refractivity contribution in [2.75, 3.05) is 4.43 Å². The van der Waals surface area contributed by atoms with Crippen molar-refractivity contribution in [3.8, 4) is 0 Å². The minimum absolute atomic E-state index is 0.797. The fourth-order valence-corrected chi connectivity index (χ4v) is 0.894. The zero-order chi connectivity index (χ0) is 5.98. The van der Waals surface area contributed by atoms with Gasteiger partial charge in [0, 0.05) is 0 Å². The first kappa shape index (κ1) is 6.05. The van der Waals surface area contributed by atoms with Gasteiger partial charge in [0.15, 0.2) is 5.84 Å². The summed E-state index contributed by atoms with van der Waals surface area (Å²) >= 11 is 2.17.